The van der Waals surface area contributed by atoms with Crippen molar-refractivity contribution in [3.8, 4) is 0 Å². The fraction of sp³-hybridized carbons (Fsp3) is 0.459. The molecule has 10 nitrogen and oxygen atoms in total. The number of likely N-dealkylation sites (N-methyl/N-ethyl adjacent to an activating group) is 1. The predicted molar refractivity (Wildman–Crippen MR) is 190 cm³/mol. The van der Waals surface area contributed by atoms with Gasteiger partial charge in [-0.3, -0.25) is 9.69 Å². The second-order valence-corrected chi connectivity index (χ2v) is 14.5. The van der Waals surface area contributed by atoms with Crippen molar-refractivity contribution >= 4 is 27.7 Å². The molecule has 4 N–H and O–H groups in total. The van der Waals surface area contributed by atoms with Crippen molar-refractivity contribution in [2.75, 3.05) is 33.0 Å². The third-order valence-electron chi connectivity index (χ3n) is 8.74. The molecule has 3 rings (SSSR count). The normalized spacial score (nSPS) is 13.7. The zero-order valence-electron chi connectivity index (χ0n) is 28.8. The van der Waals surface area contributed by atoms with Crippen LogP contribution in [0.2, 0.25) is 0 Å². The van der Waals surface area contributed by atoms with E-state index >= 15 is 0 Å². The molecule has 0 radical (unpaired) electrons. The van der Waals surface area contributed by atoms with Crippen LogP contribution < -0.4 is 11.1 Å². The maximum Gasteiger partial charge on any atom is 0.409 e. The largest absolute Gasteiger partial charge is 0.453 e. The maximum absolute atomic E-state index is 14.2. The van der Waals surface area contributed by atoms with Crippen LogP contribution in [0.25, 0.3) is 0 Å². The first-order chi connectivity index (χ1) is 22.9. The first-order valence-corrected chi connectivity index (χ1v) is 18.1. The lowest BCUT2D eigenvalue weighted by Crippen LogP contribution is -2.53. The van der Waals surface area contributed by atoms with Crippen molar-refractivity contribution in [3.05, 3.63) is 96.1 Å². The van der Waals surface area contributed by atoms with E-state index < -0.39 is 34.1 Å². The topological polar surface area (TPSA) is 142 Å². The minimum absolute atomic E-state index is 0.129. The van der Waals surface area contributed by atoms with Gasteiger partial charge in [0.25, 0.3) is 0 Å². The molecular weight excluding hydrogens is 628 g/mol. The number of ether oxygens (including phenoxy) is 1. The van der Waals surface area contributed by atoms with Gasteiger partial charge in [-0.25, -0.2) is 13.2 Å². The number of carbonyl (C=O) groups excluding carboxylic acids is 2. The lowest BCUT2D eigenvalue weighted by atomic mass is 9.83. The van der Waals surface area contributed by atoms with Gasteiger partial charge < -0.3 is 20.9 Å². The molecule has 48 heavy (non-hydrogen) atoms. The minimum Gasteiger partial charge on any atom is -0.453 e. The highest BCUT2D eigenvalue weighted by Gasteiger charge is 2.38. The van der Waals surface area contributed by atoms with Crippen LogP contribution in [0, 0.1) is 5.92 Å². The number of hydrogen-bond acceptors (Lipinski definition) is 7. The Morgan fingerprint density at radius 2 is 1.46 bits per heavy atom. The number of amides is 2. The number of nitrogen functional groups attached to an aromatic ring is 1. The van der Waals surface area contributed by atoms with Crippen molar-refractivity contribution < 1.29 is 27.9 Å². The van der Waals surface area contributed by atoms with Gasteiger partial charge in [-0.1, -0.05) is 81.4 Å². The van der Waals surface area contributed by atoms with Gasteiger partial charge in [-0.05, 0) is 73.4 Å². The molecule has 3 aromatic carbocycles. The number of aliphatic hydroxyl groups excluding tert-OH is 1. The molecule has 0 spiro atoms. The van der Waals surface area contributed by atoms with Gasteiger partial charge in [0.15, 0.2) is 0 Å². The fourth-order valence-electron chi connectivity index (χ4n) is 5.94. The van der Waals surface area contributed by atoms with E-state index in [2.05, 4.69) is 5.32 Å². The van der Waals surface area contributed by atoms with E-state index in [1.807, 2.05) is 81.4 Å². The smallest absolute Gasteiger partial charge is 0.409 e. The number of sulfonamides is 1. The molecule has 0 bridgehead atoms. The van der Waals surface area contributed by atoms with Crippen LogP contribution in [-0.2, 0) is 19.6 Å². The molecule has 3 aromatic rings. The number of anilines is 1. The number of rotatable bonds is 18. The van der Waals surface area contributed by atoms with Crippen molar-refractivity contribution in [1.82, 2.24) is 14.5 Å². The molecule has 0 aliphatic heterocycles. The molecule has 0 saturated heterocycles. The Hall–Kier alpha value is -3.93. The first kappa shape index (κ1) is 38.5. The summed E-state index contributed by atoms with van der Waals surface area (Å²) in [6, 6.07) is 23.5. The number of nitrogens with two attached hydrogens (primary N) is 1. The SMILES string of the molecule is CC[C@@H](CCC[C@@H](CO)N(CCC(C)C)S(=O)(=O)c1ccc(N)cc1)NC(=O)[C@H](C(c1ccccc1)c1ccccc1)N(C)C(=O)OC. The zero-order valence-corrected chi connectivity index (χ0v) is 29.6. The van der Waals surface area contributed by atoms with Gasteiger partial charge in [0, 0.05) is 37.3 Å². The number of nitrogens with zero attached hydrogens (tertiary/aromatic N) is 2. The van der Waals surface area contributed by atoms with Gasteiger partial charge in [-0.15, -0.1) is 0 Å². The highest BCUT2D eigenvalue weighted by molar-refractivity contribution is 7.89. The summed E-state index contributed by atoms with van der Waals surface area (Å²) in [5.41, 5.74) is 8.02. The molecule has 3 atom stereocenters. The van der Waals surface area contributed by atoms with E-state index in [9.17, 15) is 23.1 Å². The van der Waals surface area contributed by atoms with Crippen molar-refractivity contribution in [3.63, 3.8) is 0 Å². The highest BCUT2D eigenvalue weighted by Crippen LogP contribution is 2.32. The standard InChI is InChI=1S/C37H52N4O6S/c1-6-31(18-13-19-32(26-42)41(25-24-27(2)3)48(45,46)33-22-20-30(38)21-23-33)39-36(43)35(40(4)37(44)47-5)34(28-14-9-7-10-15-28)29-16-11-8-12-17-29/h7-12,14-17,20-23,27,31-32,34-35,42H,6,13,18-19,24-26,38H2,1-5H3,(H,39,43)/t31-,32-,35-/m0/s1. The molecule has 0 heterocycles. The summed E-state index contributed by atoms with van der Waals surface area (Å²) in [4.78, 5) is 28.5. The van der Waals surface area contributed by atoms with E-state index in [1.54, 1.807) is 19.2 Å². The van der Waals surface area contributed by atoms with Crippen LogP contribution >= 0.6 is 0 Å². The average molecular weight is 681 g/mol. The summed E-state index contributed by atoms with van der Waals surface area (Å²) in [5.74, 6) is -0.531. The quantitative estimate of drug-likeness (QED) is 0.148. The predicted octanol–water partition coefficient (Wildman–Crippen LogP) is 5.63. The van der Waals surface area contributed by atoms with Crippen LogP contribution in [0.3, 0.4) is 0 Å². The summed E-state index contributed by atoms with van der Waals surface area (Å²) in [5, 5.41) is 13.6. The Kier molecular flexibility index (Phi) is 14.9. The summed E-state index contributed by atoms with van der Waals surface area (Å²) in [6.07, 6.45) is 2.13. The summed E-state index contributed by atoms with van der Waals surface area (Å²) in [6.45, 7) is 5.96. The fourth-order valence-corrected chi connectivity index (χ4v) is 7.60. The lowest BCUT2D eigenvalue weighted by molar-refractivity contribution is -0.126. The van der Waals surface area contributed by atoms with Crippen LogP contribution in [0.15, 0.2) is 89.8 Å². The molecule has 0 aromatic heterocycles. The molecule has 2 amide bonds. The number of carbonyl (C=O) groups is 2. The van der Waals surface area contributed by atoms with Crippen LogP contribution in [-0.4, -0.2) is 80.2 Å². The lowest BCUT2D eigenvalue weighted by Gasteiger charge is -2.35. The molecule has 0 aliphatic carbocycles. The van der Waals surface area contributed by atoms with Gasteiger partial charge in [0.1, 0.15) is 6.04 Å². The van der Waals surface area contributed by atoms with Crippen LogP contribution in [0.4, 0.5) is 10.5 Å². The number of aliphatic hydroxyl groups is 1. The van der Waals surface area contributed by atoms with Gasteiger partial charge in [-0.2, -0.15) is 4.31 Å². The van der Waals surface area contributed by atoms with Gasteiger partial charge >= 0.3 is 6.09 Å². The third kappa shape index (κ3) is 10.3. The molecule has 0 unspecified atom stereocenters. The number of benzene rings is 3. The van der Waals surface area contributed by atoms with Crippen LogP contribution in [0.1, 0.15) is 69.9 Å². The number of nitrogens with one attached hydrogen (secondary N) is 1. The van der Waals surface area contributed by atoms with Gasteiger partial charge in [0.2, 0.25) is 15.9 Å². The third-order valence-corrected chi connectivity index (χ3v) is 10.7. The summed E-state index contributed by atoms with van der Waals surface area (Å²) in [7, 11) is -1.04. The van der Waals surface area contributed by atoms with E-state index in [0.29, 0.717) is 37.8 Å². The Bertz CT molecular complexity index is 1480. The molecule has 0 saturated carbocycles. The average Bonchev–Trinajstić information content (AvgIpc) is 3.09. The molecule has 11 heteroatoms. The first-order valence-electron chi connectivity index (χ1n) is 16.6. The van der Waals surface area contributed by atoms with Crippen molar-refractivity contribution in [2.24, 2.45) is 5.92 Å². The molecular formula is C37H52N4O6S. The molecule has 0 fully saturated rings. The Morgan fingerprint density at radius 1 is 0.896 bits per heavy atom. The highest BCUT2D eigenvalue weighted by atomic mass is 32.2. The Balaban J connectivity index is 1.82. The van der Waals surface area contributed by atoms with Gasteiger partial charge in [0.05, 0.1) is 18.6 Å². The maximum atomic E-state index is 14.2. The second-order valence-electron chi connectivity index (χ2n) is 12.6. The van der Waals surface area contributed by atoms with Crippen LogP contribution in [0.5, 0.6) is 0 Å². The van der Waals surface area contributed by atoms with E-state index in [0.717, 1.165) is 11.1 Å². The summed E-state index contributed by atoms with van der Waals surface area (Å²) >= 11 is 0. The Morgan fingerprint density at radius 3 is 1.94 bits per heavy atom. The van der Waals surface area contributed by atoms with Crippen molar-refractivity contribution in [1.29, 1.82) is 0 Å². The monoisotopic (exact) mass is 680 g/mol. The summed E-state index contributed by atoms with van der Waals surface area (Å²) < 4.78 is 33.9. The minimum atomic E-state index is -3.90. The number of hydrogen-bond donors (Lipinski definition) is 3. The van der Waals surface area contributed by atoms with E-state index in [1.165, 1.54) is 28.4 Å². The zero-order chi connectivity index (χ0) is 35.3. The van der Waals surface area contributed by atoms with E-state index in [-0.39, 0.29) is 35.9 Å². The molecule has 262 valence electrons. The number of methoxy groups -OCH3 is 1. The Labute approximate surface area is 286 Å². The molecule has 0 aliphatic rings. The van der Waals surface area contributed by atoms with E-state index in [4.69, 9.17) is 10.5 Å². The van der Waals surface area contributed by atoms with Crippen molar-refractivity contribution in [2.45, 2.75) is 81.8 Å². The second kappa shape index (κ2) is 18.6.